The fraction of sp³-hybridized carbons (Fsp3) is 0.500. The van der Waals surface area contributed by atoms with Gasteiger partial charge in [0.2, 0.25) is 0 Å². The molecular weight excluding hydrogens is 150 g/mol. The van der Waals surface area contributed by atoms with E-state index in [0.717, 1.165) is 7.11 Å². The monoisotopic (exact) mass is 159 g/mol. The van der Waals surface area contributed by atoms with E-state index in [1.165, 1.54) is 6.08 Å². The maximum atomic E-state index is 10.6. The Morgan fingerprint density at radius 3 is 2.73 bits per heavy atom. The van der Waals surface area contributed by atoms with Gasteiger partial charge in [-0.2, -0.15) is 0 Å². The first-order valence-corrected chi connectivity index (χ1v) is 2.95. The van der Waals surface area contributed by atoms with E-state index in [1.54, 1.807) is 0 Å². The van der Waals surface area contributed by atoms with Crippen LogP contribution in [0.15, 0.2) is 12.7 Å². The number of ether oxygens (including phenoxy) is 1. The molecule has 5 nitrogen and oxygen atoms in total. The van der Waals surface area contributed by atoms with Crippen LogP contribution in [0, 0.1) is 10.1 Å². The predicted octanol–water partition coefficient (Wildman–Crippen LogP) is 0.381. The molecule has 0 radical (unpaired) electrons. The smallest absolute Gasteiger partial charge is 0.381 e. The first-order chi connectivity index (χ1) is 5.13. The molecule has 0 aliphatic heterocycles. The molecule has 0 aliphatic carbocycles. The van der Waals surface area contributed by atoms with E-state index in [-0.39, 0.29) is 6.42 Å². The molecule has 0 amide bonds. The lowest BCUT2D eigenvalue weighted by atomic mass is 10.2. The largest absolute Gasteiger partial charge is 0.464 e. The highest BCUT2D eigenvalue weighted by atomic mass is 16.6. The Labute approximate surface area is 63.8 Å². The fourth-order valence-electron chi connectivity index (χ4n) is 0.562. The van der Waals surface area contributed by atoms with Gasteiger partial charge in [0.05, 0.1) is 7.11 Å². The highest BCUT2D eigenvalue weighted by Crippen LogP contribution is 1.99. The zero-order chi connectivity index (χ0) is 8.85. The number of carbonyl (C=O) groups excluding carboxylic acids is 1. The van der Waals surface area contributed by atoms with Crippen LogP contribution in [0.1, 0.15) is 6.42 Å². The van der Waals surface area contributed by atoms with E-state index in [2.05, 4.69) is 11.3 Å². The lowest BCUT2D eigenvalue weighted by molar-refractivity contribution is -0.509. The number of hydrogen-bond acceptors (Lipinski definition) is 4. The summed E-state index contributed by atoms with van der Waals surface area (Å²) in [5.41, 5.74) is 0. The van der Waals surface area contributed by atoms with Crippen LogP contribution in [0.25, 0.3) is 0 Å². The summed E-state index contributed by atoms with van der Waals surface area (Å²) in [6.45, 7) is 3.29. The minimum absolute atomic E-state index is 0.000324. The average molecular weight is 159 g/mol. The Hall–Kier alpha value is -1.39. The van der Waals surface area contributed by atoms with E-state index < -0.39 is 16.9 Å². The Morgan fingerprint density at radius 1 is 1.91 bits per heavy atom. The van der Waals surface area contributed by atoms with Gasteiger partial charge in [0.1, 0.15) is 0 Å². The minimum atomic E-state index is -1.31. The molecule has 0 bridgehead atoms. The van der Waals surface area contributed by atoms with Gasteiger partial charge in [-0.25, -0.2) is 4.79 Å². The van der Waals surface area contributed by atoms with Crippen molar-refractivity contribution in [2.75, 3.05) is 7.11 Å². The first kappa shape index (κ1) is 9.61. The summed E-state index contributed by atoms with van der Waals surface area (Å²) in [7, 11) is 1.11. The van der Waals surface area contributed by atoms with Crippen LogP contribution in [-0.2, 0) is 9.53 Å². The van der Waals surface area contributed by atoms with Gasteiger partial charge in [-0.3, -0.25) is 10.1 Å². The van der Waals surface area contributed by atoms with E-state index in [4.69, 9.17) is 0 Å². The van der Waals surface area contributed by atoms with Crippen molar-refractivity contribution < 1.29 is 14.5 Å². The maximum Gasteiger partial charge on any atom is 0.381 e. The molecule has 0 N–H and O–H groups in total. The molecule has 5 heteroatoms. The molecule has 0 heterocycles. The Kier molecular flexibility index (Phi) is 3.87. The van der Waals surface area contributed by atoms with Gasteiger partial charge < -0.3 is 4.74 Å². The second-order valence-electron chi connectivity index (χ2n) is 1.85. The van der Waals surface area contributed by atoms with Crippen LogP contribution in [0.3, 0.4) is 0 Å². The third-order valence-corrected chi connectivity index (χ3v) is 1.12. The van der Waals surface area contributed by atoms with Gasteiger partial charge in [0.25, 0.3) is 0 Å². The van der Waals surface area contributed by atoms with Crippen LogP contribution in [0.2, 0.25) is 0 Å². The van der Waals surface area contributed by atoms with Crippen molar-refractivity contribution in [2.45, 2.75) is 12.5 Å². The summed E-state index contributed by atoms with van der Waals surface area (Å²) in [4.78, 5) is 20.1. The molecule has 62 valence electrons. The van der Waals surface area contributed by atoms with Crippen molar-refractivity contribution in [3.05, 3.63) is 22.8 Å². The highest BCUT2D eigenvalue weighted by Gasteiger charge is 2.28. The summed E-state index contributed by atoms with van der Waals surface area (Å²) in [5.74, 6) is -0.838. The van der Waals surface area contributed by atoms with Crippen LogP contribution >= 0.6 is 0 Å². The third-order valence-electron chi connectivity index (χ3n) is 1.12. The molecule has 0 aromatic carbocycles. The Bertz CT molecular complexity index is 177. The molecule has 0 unspecified atom stereocenters. The van der Waals surface area contributed by atoms with Gasteiger partial charge in [-0.05, 0) is 0 Å². The zero-order valence-electron chi connectivity index (χ0n) is 6.15. The zero-order valence-corrected chi connectivity index (χ0v) is 6.15. The van der Waals surface area contributed by atoms with Crippen molar-refractivity contribution in [2.24, 2.45) is 0 Å². The number of methoxy groups -OCH3 is 1. The number of esters is 1. The fourth-order valence-corrected chi connectivity index (χ4v) is 0.562. The molecule has 0 aliphatic rings. The Morgan fingerprint density at radius 2 is 2.45 bits per heavy atom. The molecule has 11 heavy (non-hydrogen) atoms. The van der Waals surface area contributed by atoms with E-state index in [9.17, 15) is 14.9 Å². The molecule has 0 saturated carbocycles. The van der Waals surface area contributed by atoms with E-state index in [1.807, 2.05) is 0 Å². The molecule has 0 aromatic rings. The molecular formula is C6H9NO4. The molecule has 0 fully saturated rings. The van der Waals surface area contributed by atoms with Crippen molar-refractivity contribution in [1.82, 2.24) is 0 Å². The van der Waals surface area contributed by atoms with Gasteiger partial charge in [-0.1, -0.05) is 6.08 Å². The highest BCUT2D eigenvalue weighted by molar-refractivity contribution is 5.74. The van der Waals surface area contributed by atoms with Crippen molar-refractivity contribution in [3.8, 4) is 0 Å². The number of nitro groups is 1. The van der Waals surface area contributed by atoms with Crippen LogP contribution in [0.5, 0.6) is 0 Å². The van der Waals surface area contributed by atoms with Gasteiger partial charge in [0, 0.05) is 11.3 Å². The van der Waals surface area contributed by atoms with Crippen LogP contribution < -0.4 is 0 Å². The molecule has 0 saturated heterocycles. The number of nitrogens with zero attached hydrogens (tertiary/aromatic N) is 1. The quantitative estimate of drug-likeness (QED) is 0.257. The summed E-state index contributed by atoms with van der Waals surface area (Å²) in [6, 6.07) is -1.31. The average Bonchev–Trinajstić information content (AvgIpc) is 1.98. The molecule has 0 spiro atoms. The van der Waals surface area contributed by atoms with Gasteiger partial charge >= 0.3 is 12.0 Å². The topological polar surface area (TPSA) is 69.4 Å². The van der Waals surface area contributed by atoms with Crippen molar-refractivity contribution in [1.29, 1.82) is 0 Å². The summed E-state index contributed by atoms with van der Waals surface area (Å²) in [5, 5.41) is 10.1. The lowest BCUT2D eigenvalue weighted by Crippen LogP contribution is -2.29. The van der Waals surface area contributed by atoms with Crippen molar-refractivity contribution >= 4 is 5.97 Å². The number of rotatable bonds is 4. The second-order valence-corrected chi connectivity index (χ2v) is 1.85. The molecule has 0 aromatic heterocycles. The standard InChI is InChI=1S/C6H9NO4/c1-3-4-5(7(9)10)6(8)11-2/h3,5H,1,4H2,2H3/t5-/m0/s1. The third kappa shape index (κ3) is 2.79. The van der Waals surface area contributed by atoms with E-state index in [0.29, 0.717) is 0 Å². The summed E-state index contributed by atoms with van der Waals surface area (Å²) >= 11 is 0. The van der Waals surface area contributed by atoms with Gasteiger partial charge in [0.15, 0.2) is 0 Å². The van der Waals surface area contributed by atoms with Gasteiger partial charge in [-0.15, -0.1) is 6.58 Å². The number of carbonyl (C=O) groups is 1. The van der Waals surface area contributed by atoms with E-state index >= 15 is 0 Å². The second kappa shape index (κ2) is 4.43. The lowest BCUT2D eigenvalue weighted by Gasteiger charge is -2.02. The molecule has 1 atom stereocenters. The first-order valence-electron chi connectivity index (χ1n) is 2.95. The van der Waals surface area contributed by atoms with Crippen LogP contribution in [0.4, 0.5) is 0 Å². The number of hydrogen-bond donors (Lipinski definition) is 0. The molecule has 0 rings (SSSR count). The van der Waals surface area contributed by atoms with Crippen LogP contribution in [-0.4, -0.2) is 24.0 Å². The normalized spacial score (nSPS) is 11.7. The summed E-state index contributed by atoms with van der Waals surface area (Å²) < 4.78 is 4.20. The Balaban J connectivity index is 4.20. The van der Waals surface area contributed by atoms with Crippen molar-refractivity contribution in [3.63, 3.8) is 0 Å². The summed E-state index contributed by atoms with van der Waals surface area (Å²) in [6.07, 6.45) is 1.31. The minimum Gasteiger partial charge on any atom is -0.464 e. The predicted molar refractivity (Wildman–Crippen MR) is 37.6 cm³/mol. The maximum absolute atomic E-state index is 10.6. The SMILES string of the molecule is C=CC[C@@H](C(=O)OC)[N+](=O)[O-].